The van der Waals surface area contributed by atoms with Gasteiger partial charge in [-0.3, -0.25) is 0 Å². The largest absolute Gasteiger partial charge is 0.312 e. The number of fused-ring (bicyclic) bond motifs is 1. The summed E-state index contributed by atoms with van der Waals surface area (Å²) in [5, 5.41) is 7.04. The average Bonchev–Trinajstić information content (AvgIpc) is 3.15. The molecule has 1 aromatic carbocycles. The van der Waals surface area contributed by atoms with Crippen LogP contribution in [0.15, 0.2) is 23.6 Å². The molecule has 0 saturated heterocycles. The molecule has 0 amide bonds. The minimum absolute atomic E-state index is 0.709. The third-order valence-corrected chi connectivity index (χ3v) is 5.96. The lowest BCUT2D eigenvalue weighted by atomic mass is 9.97. The predicted molar refractivity (Wildman–Crippen MR) is 88.7 cm³/mol. The highest BCUT2D eigenvalue weighted by atomic mass is 32.1. The van der Waals surface area contributed by atoms with Gasteiger partial charge in [-0.2, -0.15) is 0 Å². The van der Waals surface area contributed by atoms with E-state index in [4.69, 9.17) is 4.98 Å². The van der Waals surface area contributed by atoms with Crippen molar-refractivity contribution in [2.75, 3.05) is 6.54 Å². The molecule has 1 aliphatic carbocycles. The average molecular weight is 298 g/mol. The summed E-state index contributed by atoms with van der Waals surface area (Å²) in [6.45, 7) is 4.47. The van der Waals surface area contributed by atoms with Crippen LogP contribution in [0.25, 0.3) is 11.3 Å². The van der Waals surface area contributed by atoms with Crippen LogP contribution >= 0.6 is 11.3 Å². The lowest BCUT2D eigenvalue weighted by molar-refractivity contribution is 0.596. The quantitative estimate of drug-likeness (QED) is 0.891. The fraction of sp³-hybridized carbons (Fsp3) is 0.500. The van der Waals surface area contributed by atoms with E-state index in [1.165, 1.54) is 46.7 Å². The molecule has 1 saturated carbocycles. The van der Waals surface area contributed by atoms with E-state index in [1.54, 1.807) is 0 Å². The van der Waals surface area contributed by atoms with Gasteiger partial charge in [-0.15, -0.1) is 11.3 Å². The maximum atomic E-state index is 4.95. The van der Waals surface area contributed by atoms with E-state index in [1.807, 2.05) is 11.3 Å². The number of nitrogens with one attached hydrogen (secondary N) is 1. The first-order chi connectivity index (χ1) is 10.3. The molecular weight excluding hydrogens is 276 g/mol. The van der Waals surface area contributed by atoms with Gasteiger partial charge in [-0.1, -0.05) is 25.5 Å². The van der Waals surface area contributed by atoms with Crippen LogP contribution in [0.2, 0.25) is 0 Å². The first-order valence-electron chi connectivity index (χ1n) is 8.08. The Labute approximate surface area is 130 Å². The van der Waals surface area contributed by atoms with Gasteiger partial charge < -0.3 is 5.32 Å². The van der Waals surface area contributed by atoms with Crippen molar-refractivity contribution in [3.8, 4) is 11.3 Å². The number of benzene rings is 1. The minimum Gasteiger partial charge on any atom is -0.312 e. The molecule has 2 nitrogen and oxygen atoms in total. The normalized spacial score (nSPS) is 25.0. The standard InChI is InChI=1S/C18H22N2S/c1-12-2-3-15(8-12)18-20-17(11-21-18)14-4-5-16-10-19-7-6-13(16)9-14/h4-5,9,11-12,15,19H,2-3,6-8,10H2,1H3. The van der Waals surface area contributed by atoms with Gasteiger partial charge in [0.15, 0.2) is 0 Å². The van der Waals surface area contributed by atoms with E-state index in [9.17, 15) is 0 Å². The Kier molecular flexibility index (Phi) is 3.56. The summed E-state index contributed by atoms with van der Waals surface area (Å²) >= 11 is 1.86. The molecule has 0 radical (unpaired) electrons. The molecule has 0 spiro atoms. The van der Waals surface area contributed by atoms with Crippen LogP contribution in [-0.4, -0.2) is 11.5 Å². The molecule has 1 aliphatic heterocycles. The Hall–Kier alpha value is -1.19. The van der Waals surface area contributed by atoms with Crippen molar-refractivity contribution in [1.82, 2.24) is 10.3 Å². The SMILES string of the molecule is CC1CCC(c2nc(-c3ccc4c(c3)CCNC4)cs2)C1. The highest BCUT2D eigenvalue weighted by molar-refractivity contribution is 7.10. The molecule has 2 heterocycles. The van der Waals surface area contributed by atoms with Crippen LogP contribution in [0.3, 0.4) is 0 Å². The molecule has 4 rings (SSSR count). The van der Waals surface area contributed by atoms with Crippen LogP contribution in [0, 0.1) is 5.92 Å². The minimum atomic E-state index is 0.709. The van der Waals surface area contributed by atoms with Crippen molar-refractivity contribution in [3.63, 3.8) is 0 Å². The highest BCUT2D eigenvalue weighted by Gasteiger charge is 2.25. The molecule has 2 unspecified atom stereocenters. The molecule has 3 heteroatoms. The highest BCUT2D eigenvalue weighted by Crippen LogP contribution is 2.40. The maximum Gasteiger partial charge on any atom is 0.0963 e. The van der Waals surface area contributed by atoms with E-state index in [0.717, 1.165) is 25.4 Å². The van der Waals surface area contributed by atoms with Crippen molar-refractivity contribution < 1.29 is 0 Å². The van der Waals surface area contributed by atoms with Crippen molar-refractivity contribution >= 4 is 11.3 Å². The van der Waals surface area contributed by atoms with Gasteiger partial charge in [0, 0.05) is 23.4 Å². The Morgan fingerprint density at radius 1 is 1.24 bits per heavy atom. The molecule has 21 heavy (non-hydrogen) atoms. The van der Waals surface area contributed by atoms with Gasteiger partial charge in [0.25, 0.3) is 0 Å². The summed E-state index contributed by atoms with van der Waals surface area (Å²) in [7, 11) is 0. The zero-order valence-electron chi connectivity index (χ0n) is 12.6. The lowest BCUT2D eigenvalue weighted by Gasteiger charge is -2.17. The number of thiazole rings is 1. The second kappa shape index (κ2) is 5.54. The van der Waals surface area contributed by atoms with E-state index in [2.05, 4.69) is 35.8 Å². The lowest BCUT2D eigenvalue weighted by Crippen LogP contribution is -2.23. The molecule has 2 aromatic rings. The summed E-state index contributed by atoms with van der Waals surface area (Å²) in [6, 6.07) is 6.86. The number of aromatic nitrogens is 1. The summed E-state index contributed by atoms with van der Waals surface area (Å²) in [5.41, 5.74) is 5.42. The van der Waals surface area contributed by atoms with Gasteiger partial charge >= 0.3 is 0 Å². The zero-order valence-corrected chi connectivity index (χ0v) is 13.4. The monoisotopic (exact) mass is 298 g/mol. The third kappa shape index (κ3) is 2.65. The van der Waals surface area contributed by atoms with Gasteiger partial charge in [-0.05, 0) is 48.9 Å². The van der Waals surface area contributed by atoms with E-state index in [0.29, 0.717) is 5.92 Å². The van der Waals surface area contributed by atoms with Gasteiger partial charge in [-0.25, -0.2) is 4.98 Å². The van der Waals surface area contributed by atoms with Crippen LogP contribution in [0.5, 0.6) is 0 Å². The summed E-state index contributed by atoms with van der Waals surface area (Å²) in [5.74, 6) is 1.58. The maximum absolute atomic E-state index is 4.95. The van der Waals surface area contributed by atoms with Crippen LogP contribution in [0.4, 0.5) is 0 Å². The van der Waals surface area contributed by atoms with Crippen molar-refractivity contribution in [3.05, 3.63) is 39.7 Å². The van der Waals surface area contributed by atoms with E-state index in [-0.39, 0.29) is 0 Å². The van der Waals surface area contributed by atoms with Crippen molar-refractivity contribution in [2.24, 2.45) is 5.92 Å². The second-order valence-electron chi connectivity index (χ2n) is 6.60. The Bertz CT molecular complexity index is 646. The molecule has 1 aromatic heterocycles. The van der Waals surface area contributed by atoms with Crippen LogP contribution < -0.4 is 5.32 Å². The molecule has 2 aliphatic rings. The predicted octanol–water partition coefficient (Wildman–Crippen LogP) is 4.36. The summed E-state index contributed by atoms with van der Waals surface area (Å²) in [6.07, 6.45) is 5.15. The van der Waals surface area contributed by atoms with Gasteiger partial charge in [0.1, 0.15) is 0 Å². The fourth-order valence-corrected chi connectivity index (χ4v) is 4.65. The second-order valence-corrected chi connectivity index (χ2v) is 7.49. The summed E-state index contributed by atoms with van der Waals surface area (Å²) < 4.78 is 0. The van der Waals surface area contributed by atoms with Gasteiger partial charge in [0.2, 0.25) is 0 Å². The van der Waals surface area contributed by atoms with E-state index < -0.39 is 0 Å². The summed E-state index contributed by atoms with van der Waals surface area (Å²) in [4.78, 5) is 4.95. The fourth-order valence-electron chi connectivity index (χ4n) is 3.68. The molecule has 1 N–H and O–H groups in total. The Morgan fingerprint density at radius 3 is 3.05 bits per heavy atom. The molecule has 2 atom stereocenters. The first kappa shape index (κ1) is 13.5. The first-order valence-corrected chi connectivity index (χ1v) is 8.96. The van der Waals surface area contributed by atoms with Gasteiger partial charge in [0.05, 0.1) is 10.7 Å². The molecule has 1 fully saturated rings. The van der Waals surface area contributed by atoms with Crippen LogP contribution in [-0.2, 0) is 13.0 Å². The van der Waals surface area contributed by atoms with E-state index >= 15 is 0 Å². The number of hydrogen-bond acceptors (Lipinski definition) is 3. The molecular formula is C18H22N2S. The zero-order chi connectivity index (χ0) is 14.2. The Morgan fingerprint density at radius 2 is 2.19 bits per heavy atom. The third-order valence-electron chi connectivity index (χ3n) is 4.95. The van der Waals surface area contributed by atoms with Crippen LogP contribution in [0.1, 0.15) is 48.2 Å². The van der Waals surface area contributed by atoms with Crippen molar-refractivity contribution in [2.45, 2.75) is 45.1 Å². The number of rotatable bonds is 2. The number of hydrogen-bond donors (Lipinski definition) is 1. The van der Waals surface area contributed by atoms with Crippen molar-refractivity contribution in [1.29, 1.82) is 0 Å². The topological polar surface area (TPSA) is 24.9 Å². The number of nitrogens with zero attached hydrogens (tertiary/aromatic N) is 1. The molecule has 0 bridgehead atoms. The smallest absolute Gasteiger partial charge is 0.0963 e. The Balaban J connectivity index is 1.60. The molecule has 110 valence electrons.